The van der Waals surface area contributed by atoms with Gasteiger partial charge in [0.25, 0.3) is 0 Å². The van der Waals surface area contributed by atoms with Crippen molar-refractivity contribution in [3.05, 3.63) is 82.5 Å². The molecule has 2 aromatic carbocycles. The van der Waals surface area contributed by atoms with Gasteiger partial charge >= 0.3 is 0 Å². The molecule has 6 heteroatoms. The van der Waals surface area contributed by atoms with E-state index >= 15 is 0 Å². The standard InChI is InChI=1S/C20H15FN4O/c1-11-6-8-12(9-7-11)18-17-16(13-4-2-3-5-15(13)21)14(10-22)19(23)26-20(17)25-24-18/h2-9,16H,23H2,1H3,(H,24,25). The van der Waals surface area contributed by atoms with Gasteiger partial charge in [-0.05, 0) is 13.0 Å². The average molecular weight is 346 g/mol. The number of allylic oxidation sites excluding steroid dienone is 1. The largest absolute Gasteiger partial charge is 0.420 e. The maximum absolute atomic E-state index is 14.6. The molecule has 0 fully saturated rings. The Labute approximate surface area is 149 Å². The van der Waals surface area contributed by atoms with Crippen LogP contribution in [-0.2, 0) is 0 Å². The van der Waals surface area contributed by atoms with Crippen molar-refractivity contribution in [1.82, 2.24) is 10.2 Å². The number of aryl methyl sites for hydroxylation is 1. The van der Waals surface area contributed by atoms with Crippen LogP contribution in [0.2, 0.25) is 0 Å². The van der Waals surface area contributed by atoms with Crippen molar-refractivity contribution >= 4 is 0 Å². The molecule has 1 aliphatic rings. The molecule has 3 aromatic rings. The Kier molecular flexibility index (Phi) is 3.70. The minimum Gasteiger partial charge on any atom is -0.420 e. The lowest BCUT2D eigenvalue weighted by Gasteiger charge is -2.24. The molecule has 3 N–H and O–H groups in total. The van der Waals surface area contributed by atoms with Gasteiger partial charge in [0.1, 0.15) is 17.5 Å². The van der Waals surface area contributed by atoms with Gasteiger partial charge in [-0.1, -0.05) is 48.0 Å². The fourth-order valence-electron chi connectivity index (χ4n) is 3.21. The van der Waals surface area contributed by atoms with Crippen LogP contribution in [0.1, 0.15) is 22.6 Å². The summed E-state index contributed by atoms with van der Waals surface area (Å²) in [4.78, 5) is 0. The fourth-order valence-corrected chi connectivity index (χ4v) is 3.21. The maximum atomic E-state index is 14.6. The third-order valence-electron chi connectivity index (χ3n) is 4.50. The van der Waals surface area contributed by atoms with Crippen LogP contribution >= 0.6 is 0 Å². The lowest BCUT2D eigenvalue weighted by Crippen LogP contribution is -2.21. The van der Waals surface area contributed by atoms with Gasteiger partial charge in [-0.2, -0.15) is 5.26 Å². The van der Waals surface area contributed by atoms with Crippen LogP contribution in [0.5, 0.6) is 5.88 Å². The molecule has 5 nitrogen and oxygen atoms in total. The number of halogens is 1. The molecule has 0 saturated heterocycles. The Hall–Kier alpha value is -3.59. The number of nitriles is 1. The van der Waals surface area contributed by atoms with Crippen LogP contribution in [0.15, 0.2) is 60.0 Å². The highest BCUT2D eigenvalue weighted by Gasteiger charge is 2.36. The Morgan fingerprint density at radius 2 is 1.92 bits per heavy atom. The van der Waals surface area contributed by atoms with Crippen LogP contribution in [0, 0.1) is 24.1 Å². The Bertz CT molecular complexity index is 1060. The molecular weight excluding hydrogens is 331 g/mol. The quantitative estimate of drug-likeness (QED) is 0.740. The molecule has 2 heterocycles. The van der Waals surface area contributed by atoms with Crippen LogP contribution < -0.4 is 10.5 Å². The van der Waals surface area contributed by atoms with Crippen LogP contribution in [0.3, 0.4) is 0 Å². The molecule has 0 aliphatic carbocycles. The number of nitrogens with zero attached hydrogens (tertiary/aromatic N) is 2. The van der Waals surface area contributed by atoms with Gasteiger partial charge in [0, 0.05) is 11.1 Å². The number of fused-ring (bicyclic) bond motifs is 1. The number of nitrogens with two attached hydrogens (primary N) is 1. The zero-order chi connectivity index (χ0) is 18.3. The highest BCUT2D eigenvalue weighted by molar-refractivity contribution is 5.71. The first kappa shape index (κ1) is 15.9. The van der Waals surface area contributed by atoms with Crippen molar-refractivity contribution in [3.63, 3.8) is 0 Å². The summed E-state index contributed by atoms with van der Waals surface area (Å²) in [5.74, 6) is -0.914. The van der Waals surface area contributed by atoms with Crippen molar-refractivity contribution in [2.75, 3.05) is 0 Å². The molecule has 0 spiro atoms. The Balaban J connectivity index is 1.97. The molecule has 4 rings (SSSR count). The van der Waals surface area contributed by atoms with E-state index in [0.717, 1.165) is 11.1 Å². The first-order valence-electron chi connectivity index (χ1n) is 8.07. The Morgan fingerprint density at radius 3 is 2.62 bits per heavy atom. The molecule has 0 amide bonds. The Morgan fingerprint density at radius 1 is 1.19 bits per heavy atom. The summed E-state index contributed by atoms with van der Waals surface area (Å²) in [7, 11) is 0. The van der Waals surface area contributed by atoms with Gasteiger partial charge in [-0.3, -0.25) is 5.10 Å². The first-order valence-corrected chi connectivity index (χ1v) is 8.07. The summed E-state index contributed by atoms with van der Waals surface area (Å²) in [6.45, 7) is 1.99. The normalized spacial score (nSPS) is 16.0. The van der Waals surface area contributed by atoms with Crippen molar-refractivity contribution in [3.8, 4) is 23.2 Å². The summed E-state index contributed by atoms with van der Waals surface area (Å²) in [5, 5.41) is 16.8. The van der Waals surface area contributed by atoms with Crippen molar-refractivity contribution in [1.29, 1.82) is 5.26 Å². The molecule has 1 aromatic heterocycles. The summed E-state index contributed by atoms with van der Waals surface area (Å²) in [6, 6.07) is 16.2. The summed E-state index contributed by atoms with van der Waals surface area (Å²) in [5.41, 5.74) is 9.69. The van der Waals surface area contributed by atoms with Gasteiger partial charge < -0.3 is 10.5 Å². The van der Waals surface area contributed by atoms with E-state index in [1.165, 1.54) is 6.07 Å². The average Bonchev–Trinajstić information content (AvgIpc) is 3.05. The number of aromatic nitrogens is 2. The summed E-state index contributed by atoms with van der Waals surface area (Å²) >= 11 is 0. The lowest BCUT2D eigenvalue weighted by molar-refractivity contribution is 0.378. The highest BCUT2D eigenvalue weighted by Crippen LogP contribution is 2.46. The number of nitrogens with one attached hydrogen (secondary N) is 1. The van der Waals surface area contributed by atoms with Gasteiger partial charge in [0.2, 0.25) is 11.8 Å². The van der Waals surface area contributed by atoms with E-state index in [9.17, 15) is 9.65 Å². The van der Waals surface area contributed by atoms with Gasteiger partial charge in [0.15, 0.2) is 0 Å². The molecule has 1 atom stereocenters. The second-order valence-corrected chi connectivity index (χ2v) is 6.13. The monoisotopic (exact) mass is 346 g/mol. The van der Waals surface area contributed by atoms with Gasteiger partial charge in [-0.15, -0.1) is 5.10 Å². The molecule has 0 bridgehead atoms. The van der Waals surface area contributed by atoms with Crippen LogP contribution in [-0.4, -0.2) is 10.2 Å². The van der Waals surface area contributed by atoms with Gasteiger partial charge in [0.05, 0.1) is 17.2 Å². The number of ether oxygens (including phenoxy) is 1. The maximum Gasteiger partial charge on any atom is 0.244 e. The van der Waals surface area contributed by atoms with Crippen molar-refractivity contribution in [2.24, 2.45) is 5.73 Å². The number of rotatable bonds is 2. The van der Waals surface area contributed by atoms with Crippen molar-refractivity contribution < 1.29 is 9.13 Å². The van der Waals surface area contributed by atoms with E-state index < -0.39 is 11.7 Å². The molecule has 128 valence electrons. The predicted molar refractivity (Wildman–Crippen MR) is 94.5 cm³/mol. The van der Waals surface area contributed by atoms with E-state index in [2.05, 4.69) is 16.3 Å². The third-order valence-corrected chi connectivity index (χ3v) is 4.50. The minimum atomic E-state index is -0.694. The zero-order valence-corrected chi connectivity index (χ0v) is 14.0. The minimum absolute atomic E-state index is 0.0600. The lowest BCUT2D eigenvalue weighted by atomic mass is 9.82. The van der Waals surface area contributed by atoms with E-state index in [1.807, 2.05) is 31.2 Å². The SMILES string of the molecule is Cc1ccc(-c2[nH]nc3c2C(c2ccccc2F)C(C#N)=C(N)O3)cc1. The molecule has 26 heavy (non-hydrogen) atoms. The molecule has 1 aliphatic heterocycles. The van der Waals surface area contributed by atoms with E-state index in [-0.39, 0.29) is 17.3 Å². The summed E-state index contributed by atoms with van der Waals surface area (Å²) < 4.78 is 20.1. The van der Waals surface area contributed by atoms with Crippen LogP contribution in [0.25, 0.3) is 11.3 Å². The van der Waals surface area contributed by atoms with E-state index in [4.69, 9.17) is 10.5 Å². The third kappa shape index (κ3) is 2.42. The molecule has 0 saturated carbocycles. The van der Waals surface area contributed by atoms with E-state index in [0.29, 0.717) is 16.8 Å². The zero-order valence-electron chi connectivity index (χ0n) is 14.0. The predicted octanol–water partition coefficient (Wildman–Crippen LogP) is 3.74. The number of hydrogen-bond acceptors (Lipinski definition) is 4. The van der Waals surface area contributed by atoms with E-state index in [1.54, 1.807) is 18.2 Å². The van der Waals surface area contributed by atoms with Crippen LogP contribution in [0.4, 0.5) is 4.39 Å². The number of benzene rings is 2. The number of aromatic amines is 1. The highest BCUT2D eigenvalue weighted by atomic mass is 19.1. The molecule has 0 radical (unpaired) electrons. The second kappa shape index (κ2) is 6.05. The molecule has 1 unspecified atom stereocenters. The van der Waals surface area contributed by atoms with Gasteiger partial charge in [-0.25, -0.2) is 4.39 Å². The number of hydrogen-bond donors (Lipinski definition) is 2. The second-order valence-electron chi connectivity index (χ2n) is 6.13. The topological polar surface area (TPSA) is 87.7 Å². The first-order chi connectivity index (χ1) is 12.6. The summed E-state index contributed by atoms with van der Waals surface area (Å²) in [6.07, 6.45) is 0. The van der Waals surface area contributed by atoms with Crippen molar-refractivity contribution in [2.45, 2.75) is 12.8 Å². The molecular formula is C20H15FN4O. The number of H-pyrrole nitrogens is 1. The smallest absolute Gasteiger partial charge is 0.244 e. The fraction of sp³-hybridized carbons (Fsp3) is 0.100.